The molecule has 0 aliphatic heterocycles. The number of aliphatic hydroxyl groups is 1. The van der Waals surface area contributed by atoms with Crippen molar-refractivity contribution in [2.24, 2.45) is 0 Å². The molecule has 5 nitrogen and oxygen atoms in total. The van der Waals surface area contributed by atoms with Gasteiger partial charge < -0.3 is 15.3 Å². The Bertz CT molecular complexity index is 995. The molecule has 3 rings (SSSR count). The molecule has 168 valence electrons. The quantitative estimate of drug-likeness (QED) is 0.471. The first-order valence-electron chi connectivity index (χ1n) is 10.9. The van der Waals surface area contributed by atoms with Gasteiger partial charge in [0, 0.05) is 49.2 Å². The van der Waals surface area contributed by atoms with Crippen LogP contribution < -0.4 is 5.32 Å². The third-order valence-corrected chi connectivity index (χ3v) is 5.73. The highest BCUT2D eigenvalue weighted by molar-refractivity contribution is 6.30. The summed E-state index contributed by atoms with van der Waals surface area (Å²) < 4.78 is 0. The molecular weight excluding hydrogens is 422 g/mol. The van der Waals surface area contributed by atoms with Gasteiger partial charge in [-0.1, -0.05) is 48.9 Å². The SMILES string of the molecule is CC[C@@H](Cc1ccc(C(=O)N(C)Cc2cccnc2)cc1)NC[C@H](O)c1cccc(Cl)c1. The van der Waals surface area contributed by atoms with Gasteiger partial charge in [-0.15, -0.1) is 0 Å². The molecule has 0 saturated heterocycles. The number of halogens is 1. The molecule has 1 aromatic heterocycles. The van der Waals surface area contributed by atoms with Gasteiger partial charge in [0.2, 0.25) is 0 Å². The summed E-state index contributed by atoms with van der Waals surface area (Å²) >= 11 is 6.02. The Morgan fingerprint density at radius 2 is 1.91 bits per heavy atom. The molecule has 0 aliphatic carbocycles. The monoisotopic (exact) mass is 451 g/mol. The summed E-state index contributed by atoms with van der Waals surface area (Å²) in [7, 11) is 1.80. The van der Waals surface area contributed by atoms with Gasteiger partial charge in [-0.25, -0.2) is 0 Å². The molecule has 1 amide bonds. The van der Waals surface area contributed by atoms with Crippen molar-refractivity contribution in [2.75, 3.05) is 13.6 Å². The number of nitrogens with zero attached hydrogens (tertiary/aromatic N) is 2. The minimum atomic E-state index is -0.613. The molecule has 0 fully saturated rings. The fraction of sp³-hybridized carbons (Fsp3) is 0.308. The van der Waals surface area contributed by atoms with Gasteiger partial charge in [-0.05, 0) is 59.9 Å². The molecule has 0 saturated carbocycles. The van der Waals surface area contributed by atoms with E-state index in [1.807, 2.05) is 48.5 Å². The van der Waals surface area contributed by atoms with Gasteiger partial charge in [0.05, 0.1) is 6.10 Å². The van der Waals surface area contributed by atoms with E-state index >= 15 is 0 Å². The molecule has 0 bridgehead atoms. The summed E-state index contributed by atoms with van der Waals surface area (Å²) in [6.07, 6.45) is 4.63. The molecule has 0 spiro atoms. The second-order valence-corrected chi connectivity index (χ2v) is 8.44. The Balaban J connectivity index is 1.53. The number of hydrogen-bond acceptors (Lipinski definition) is 4. The fourth-order valence-corrected chi connectivity index (χ4v) is 3.80. The second kappa shape index (κ2) is 11.8. The van der Waals surface area contributed by atoms with E-state index < -0.39 is 6.10 Å². The van der Waals surface area contributed by atoms with Gasteiger partial charge in [0.15, 0.2) is 0 Å². The molecule has 0 aliphatic rings. The Morgan fingerprint density at radius 3 is 2.56 bits per heavy atom. The number of hydrogen-bond donors (Lipinski definition) is 2. The van der Waals surface area contributed by atoms with Gasteiger partial charge in [-0.2, -0.15) is 0 Å². The van der Waals surface area contributed by atoms with Crippen molar-refractivity contribution in [2.45, 2.75) is 38.5 Å². The predicted octanol–water partition coefficient (Wildman–Crippen LogP) is 4.65. The maximum atomic E-state index is 12.7. The predicted molar refractivity (Wildman–Crippen MR) is 129 cm³/mol. The number of rotatable bonds is 10. The van der Waals surface area contributed by atoms with Crippen LogP contribution in [0.3, 0.4) is 0 Å². The number of nitrogens with one attached hydrogen (secondary N) is 1. The highest BCUT2D eigenvalue weighted by atomic mass is 35.5. The van der Waals surface area contributed by atoms with Crippen molar-refractivity contribution in [1.82, 2.24) is 15.2 Å². The van der Waals surface area contributed by atoms with E-state index in [0.717, 1.165) is 29.5 Å². The molecule has 6 heteroatoms. The molecule has 2 aromatic carbocycles. The highest BCUT2D eigenvalue weighted by Crippen LogP contribution is 2.18. The maximum Gasteiger partial charge on any atom is 0.253 e. The zero-order valence-corrected chi connectivity index (χ0v) is 19.3. The minimum absolute atomic E-state index is 0.0183. The Kier molecular flexibility index (Phi) is 8.80. The van der Waals surface area contributed by atoms with E-state index in [0.29, 0.717) is 23.7 Å². The zero-order valence-electron chi connectivity index (χ0n) is 18.5. The maximum absolute atomic E-state index is 12.7. The van der Waals surface area contributed by atoms with Crippen LogP contribution in [0, 0.1) is 0 Å². The van der Waals surface area contributed by atoms with Crippen molar-refractivity contribution < 1.29 is 9.90 Å². The normalized spacial score (nSPS) is 12.9. The van der Waals surface area contributed by atoms with E-state index in [9.17, 15) is 9.90 Å². The van der Waals surface area contributed by atoms with Crippen LogP contribution >= 0.6 is 11.6 Å². The van der Waals surface area contributed by atoms with Crippen LogP contribution in [0.25, 0.3) is 0 Å². The first-order chi connectivity index (χ1) is 15.5. The Labute approximate surface area is 195 Å². The van der Waals surface area contributed by atoms with Crippen LogP contribution in [-0.4, -0.2) is 40.5 Å². The van der Waals surface area contributed by atoms with Gasteiger partial charge in [-0.3, -0.25) is 9.78 Å². The fourth-order valence-electron chi connectivity index (χ4n) is 3.60. The third kappa shape index (κ3) is 6.89. The third-order valence-electron chi connectivity index (χ3n) is 5.50. The standard InChI is InChI=1S/C26H30ClN3O2/c1-3-24(29-17-25(31)22-7-4-8-23(27)15-22)14-19-9-11-21(12-10-19)26(32)30(2)18-20-6-5-13-28-16-20/h4-13,15-16,24-25,29,31H,3,14,17-18H2,1-2H3/t24-,25-/m0/s1. The lowest BCUT2D eigenvalue weighted by Crippen LogP contribution is -2.34. The highest BCUT2D eigenvalue weighted by Gasteiger charge is 2.14. The topological polar surface area (TPSA) is 65.5 Å². The van der Waals surface area contributed by atoms with Crippen LogP contribution in [0.4, 0.5) is 0 Å². The first kappa shape index (κ1) is 23.9. The van der Waals surface area contributed by atoms with Gasteiger partial charge in [0.1, 0.15) is 0 Å². The number of aliphatic hydroxyl groups excluding tert-OH is 1. The van der Waals surface area contributed by atoms with Crippen molar-refractivity contribution in [1.29, 1.82) is 0 Å². The molecular formula is C26H30ClN3O2. The number of carbonyl (C=O) groups excluding carboxylic acids is 1. The van der Waals surface area contributed by atoms with Crippen LogP contribution in [-0.2, 0) is 13.0 Å². The lowest BCUT2D eigenvalue weighted by Gasteiger charge is -2.20. The smallest absolute Gasteiger partial charge is 0.253 e. The molecule has 0 unspecified atom stereocenters. The van der Waals surface area contributed by atoms with Crippen molar-refractivity contribution in [3.05, 3.63) is 100 Å². The summed E-state index contributed by atoms with van der Waals surface area (Å²) in [5.74, 6) is -0.0183. The van der Waals surface area contributed by atoms with E-state index in [1.165, 1.54) is 0 Å². The lowest BCUT2D eigenvalue weighted by molar-refractivity contribution is 0.0785. The zero-order chi connectivity index (χ0) is 22.9. The molecule has 2 N–H and O–H groups in total. The Morgan fingerprint density at radius 1 is 1.12 bits per heavy atom. The number of pyridine rings is 1. The summed E-state index contributed by atoms with van der Waals surface area (Å²) in [5.41, 5.74) is 3.61. The summed E-state index contributed by atoms with van der Waals surface area (Å²) in [4.78, 5) is 18.5. The molecule has 0 radical (unpaired) electrons. The van der Waals surface area contributed by atoms with E-state index in [2.05, 4.69) is 17.2 Å². The van der Waals surface area contributed by atoms with Gasteiger partial charge in [0.25, 0.3) is 5.91 Å². The first-order valence-corrected chi connectivity index (χ1v) is 11.2. The molecule has 1 heterocycles. The summed E-state index contributed by atoms with van der Waals surface area (Å²) in [6, 6.07) is 19.1. The Hall–Kier alpha value is -2.73. The van der Waals surface area contributed by atoms with Crippen LogP contribution in [0.2, 0.25) is 5.02 Å². The number of benzene rings is 2. The van der Waals surface area contributed by atoms with Crippen LogP contribution in [0.1, 0.15) is 46.5 Å². The molecule has 3 aromatic rings. The molecule has 2 atom stereocenters. The number of carbonyl (C=O) groups is 1. The van der Waals surface area contributed by atoms with Crippen molar-refractivity contribution in [3.8, 4) is 0 Å². The van der Waals surface area contributed by atoms with Gasteiger partial charge >= 0.3 is 0 Å². The summed E-state index contributed by atoms with van der Waals surface area (Å²) in [6.45, 7) is 3.09. The summed E-state index contributed by atoms with van der Waals surface area (Å²) in [5, 5.41) is 14.5. The largest absolute Gasteiger partial charge is 0.387 e. The van der Waals surface area contributed by atoms with Crippen LogP contribution in [0.15, 0.2) is 73.1 Å². The minimum Gasteiger partial charge on any atom is -0.387 e. The number of amides is 1. The van der Waals surface area contributed by atoms with Crippen molar-refractivity contribution in [3.63, 3.8) is 0 Å². The van der Waals surface area contributed by atoms with E-state index in [1.54, 1.807) is 36.5 Å². The molecule has 32 heavy (non-hydrogen) atoms. The second-order valence-electron chi connectivity index (χ2n) is 8.01. The van der Waals surface area contributed by atoms with E-state index in [4.69, 9.17) is 11.6 Å². The van der Waals surface area contributed by atoms with Crippen molar-refractivity contribution >= 4 is 17.5 Å². The van der Waals surface area contributed by atoms with Crippen LogP contribution in [0.5, 0.6) is 0 Å². The lowest BCUT2D eigenvalue weighted by atomic mass is 10.0. The average molecular weight is 452 g/mol. The number of aromatic nitrogens is 1. The average Bonchev–Trinajstić information content (AvgIpc) is 2.82. The van der Waals surface area contributed by atoms with E-state index in [-0.39, 0.29) is 11.9 Å².